The van der Waals surface area contributed by atoms with E-state index in [1.165, 1.54) is 31.4 Å². The first kappa shape index (κ1) is 11.4. The summed E-state index contributed by atoms with van der Waals surface area (Å²) in [5.74, 6) is 0.869. The summed E-state index contributed by atoms with van der Waals surface area (Å²) < 4.78 is 0. The third-order valence-electron chi connectivity index (χ3n) is 2.91. The second-order valence-corrected chi connectivity index (χ2v) is 4.30. The fourth-order valence-electron chi connectivity index (χ4n) is 1.71. The zero-order chi connectivity index (χ0) is 10.6. The number of allylic oxidation sites excluding steroid dienone is 1. The maximum absolute atomic E-state index is 3.19. The Morgan fingerprint density at radius 3 is 2.64 bits per heavy atom. The molecule has 82 valence electrons. The number of hydrogen-bond donors (Lipinski definition) is 1. The van der Waals surface area contributed by atoms with E-state index in [0.717, 1.165) is 5.92 Å². The van der Waals surface area contributed by atoms with Gasteiger partial charge in [-0.3, -0.25) is 10.0 Å². The highest BCUT2D eigenvalue weighted by atomic mass is 15.8. The second-order valence-electron chi connectivity index (χ2n) is 4.30. The molecule has 0 aromatic heterocycles. The van der Waals surface area contributed by atoms with Gasteiger partial charge >= 0.3 is 0 Å². The summed E-state index contributed by atoms with van der Waals surface area (Å²) in [5.41, 5.74) is 4.58. The summed E-state index contributed by atoms with van der Waals surface area (Å²) in [6, 6.07) is 0. The van der Waals surface area contributed by atoms with Crippen LogP contribution in [0.2, 0.25) is 0 Å². The van der Waals surface area contributed by atoms with Gasteiger partial charge in [0.05, 0.1) is 0 Å². The molecule has 1 unspecified atom stereocenters. The molecule has 0 aliphatic carbocycles. The van der Waals surface area contributed by atoms with Crippen molar-refractivity contribution >= 4 is 0 Å². The molecule has 0 spiro atoms. The third-order valence-corrected chi connectivity index (χ3v) is 2.91. The minimum absolute atomic E-state index is 0.869. The second kappa shape index (κ2) is 5.25. The van der Waals surface area contributed by atoms with Gasteiger partial charge in [0.15, 0.2) is 0 Å². The molecule has 0 fully saturated rings. The highest BCUT2D eigenvalue weighted by molar-refractivity contribution is 5.01. The maximum atomic E-state index is 3.19. The first-order chi connectivity index (χ1) is 6.63. The van der Waals surface area contributed by atoms with Crippen LogP contribution in [0.5, 0.6) is 0 Å². The molecule has 14 heavy (non-hydrogen) atoms. The van der Waals surface area contributed by atoms with E-state index in [9.17, 15) is 0 Å². The molecule has 0 aromatic rings. The largest absolute Gasteiger partial charge is 0.299 e. The third kappa shape index (κ3) is 3.22. The molecule has 1 aliphatic rings. The molecule has 0 radical (unpaired) electrons. The standard InChI is InChI=1S/C11H23N3/c1-5-10(2)7-6-8-11-9-13(3)12-14(11)4/h9-10,12H,5-8H2,1-4H3. The Balaban J connectivity index is 2.21. The van der Waals surface area contributed by atoms with Gasteiger partial charge in [-0.15, -0.1) is 5.53 Å². The lowest BCUT2D eigenvalue weighted by molar-refractivity contribution is 0.179. The van der Waals surface area contributed by atoms with Crippen molar-refractivity contribution in [1.29, 1.82) is 0 Å². The Hall–Kier alpha value is -0.700. The van der Waals surface area contributed by atoms with Crippen LogP contribution in [-0.4, -0.2) is 24.1 Å². The van der Waals surface area contributed by atoms with Crippen LogP contribution in [-0.2, 0) is 0 Å². The number of nitrogens with one attached hydrogen (secondary N) is 1. The zero-order valence-corrected chi connectivity index (χ0v) is 9.88. The average Bonchev–Trinajstić information content (AvgIpc) is 2.45. The van der Waals surface area contributed by atoms with Crippen molar-refractivity contribution in [2.45, 2.75) is 39.5 Å². The fourth-order valence-corrected chi connectivity index (χ4v) is 1.71. The monoisotopic (exact) mass is 197 g/mol. The van der Waals surface area contributed by atoms with Crippen LogP contribution >= 0.6 is 0 Å². The van der Waals surface area contributed by atoms with Gasteiger partial charge in [0, 0.05) is 26.0 Å². The maximum Gasteiger partial charge on any atom is 0.0482 e. The number of rotatable bonds is 5. The van der Waals surface area contributed by atoms with Gasteiger partial charge < -0.3 is 0 Å². The van der Waals surface area contributed by atoms with Crippen LogP contribution in [0.1, 0.15) is 39.5 Å². The van der Waals surface area contributed by atoms with Crippen molar-refractivity contribution in [2.24, 2.45) is 5.92 Å². The molecule has 1 N–H and O–H groups in total. The summed E-state index contributed by atoms with van der Waals surface area (Å²) in [6.45, 7) is 4.60. The van der Waals surface area contributed by atoms with Crippen molar-refractivity contribution in [1.82, 2.24) is 15.6 Å². The van der Waals surface area contributed by atoms with E-state index >= 15 is 0 Å². The van der Waals surface area contributed by atoms with Crippen LogP contribution in [0.25, 0.3) is 0 Å². The molecule has 0 aromatic carbocycles. The Bertz CT molecular complexity index is 201. The van der Waals surface area contributed by atoms with Gasteiger partial charge in [-0.1, -0.05) is 26.7 Å². The van der Waals surface area contributed by atoms with Crippen molar-refractivity contribution in [3.8, 4) is 0 Å². The highest BCUT2D eigenvalue weighted by Crippen LogP contribution is 2.18. The molecule has 1 rings (SSSR count). The number of hydrazine groups is 2. The molecule has 1 aliphatic heterocycles. The summed E-state index contributed by atoms with van der Waals surface area (Å²) in [5, 5.41) is 4.09. The molecule has 0 amide bonds. The lowest BCUT2D eigenvalue weighted by atomic mass is 10.0. The summed E-state index contributed by atoms with van der Waals surface area (Å²) in [7, 11) is 4.09. The van der Waals surface area contributed by atoms with Gasteiger partial charge in [0.25, 0.3) is 0 Å². The topological polar surface area (TPSA) is 18.5 Å². The molecule has 1 heterocycles. The Labute approximate surface area is 87.7 Å². The van der Waals surface area contributed by atoms with Gasteiger partial charge in [-0.25, -0.2) is 0 Å². The van der Waals surface area contributed by atoms with E-state index in [0.29, 0.717) is 0 Å². The van der Waals surface area contributed by atoms with Crippen LogP contribution in [0.3, 0.4) is 0 Å². The minimum atomic E-state index is 0.869. The lowest BCUT2D eigenvalue weighted by Crippen LogP contribution is -2.35. The fraction of sp³-hybridized carbons (Fsp3) is 0.818. The first-order valence-corrected chi connectivity index (χ1v) is 5.57. The quantitative estimate of drug-likeness (QED) is 0.730. The van der Waals surface area contributed by atoms with Gasteiger partial charge in [0.1, 0.15) is 0 Å². The molecular weight excluding hydrogens is 174 g/mol. The van der Waals surface area contributed by atoms with E-state index in [2.05, 4.69) is 37.6 Å². The normalized spacial score (nSPS) is 18.7. The van der Waals surface area contributed by atoms with E-state index in [4.69, 9.17) is 0 Å². The highest BCUT2D eigenvalue weighted by Gasteiger charge is 2.13. The molecule has 3 heteroatoms. The molecule has 0 saturated carbocycles. The van der Waals surface area contributed by atoms with E-state index in [-0.39, 0.29) is 0 Å². The first-order valence-electron chi connectivity index (χ1n) is 5.57. The predicted octanol–water partition coefficient (Wildman–Crippen LogP) is 2.34. The van der Waals surface area contributed by atoms with Gasteiger partial charge in [-0.05, 0) is 18.8 Å². The van der Waals surface area contributed by atoms with Gasteiger partial charge in [-0.2, -0.15) is 0 Å². The molecule has 3 nitrogen and oxygen atoms in total. The molecule has 0 saturated heterocycles. The average molecular weight is 197 g/mol. The number of hydrogen-bond acceptors (Lipinski definition) is 3. The van der Waals surface area contributed by atoms with Crippen molar-refractivity contribution in [3.63, 3.8) is 0 Å². The van der Waals surface area contributed by atoms with Crippen molar-refractivity contribution in [3.05, 3.63) is 11.9 Å². The lowest BCUT2D eigenvalue weighted by Gasteiger charge is -2.17. The number of nitrogens with zero attached hydrogens (tertiary/aromatic N) is 2. The van der Waals surface area contributed by atoms with E-state index in [1.54, 1.807) is 0 Å². The van der Waals surface area contributed by atoms with Gasteiger partial charge in [0.2, 0.25) is 0 Å². The Morgan fingerprint density at radius 1 is 1.43 bits per heavy atom. The van der Waals surface area contributed by atoms with Crippen LogP contribution in [0, 0.1) is 5.92 Å². The van der Waals surface area contributed by atoms with E-state index < -0.39 is 0 Å². The Morgan fingerprint density at radius 2 is 2.14 bits per heavy atom. The Kier molecular flexibility index (Phi) is 4.26. The summed E-state index contributed by atoms with van der Waals surface area (Å²) >= 11 is 0. The summed E-state index contributed by atoms with van der Waals surface area (Å²) in [4.78, 5) is 0. The smallest absolute Gasteiger partial charge is 0.0482 e. The van der Waals surface area contributed by atoms with Crippen molar-refractivity contribution < 1.29 is 0 Å². The van der Waals surface area contributed by atoms with Crippen molar-refractivity contribution in [2.75, 3.05) is 14.1 Å². The zero-order valence-electron chi connectivity index (χ0n) is 9.88. The van der Waals surface area contributed by atoms with Crippen LogP contribution < -0.4 is 5.53 Å². The molecule has 0 bridgehead atoms. The minimum Gasteiger partial charge on any atom is -0.299 e. The molecule has 1 atom stereocenters. The predicted molar refractivity (Wildman–Crippen MR) is 60.1 cm³/mol. The van der Waals surface area contributed by atoms with Crippen LogP contribution in [0.4, 0.5) is 0 Å². The molecular formula is C11H23N3. The van der Waals surface area contributed by atoms with E-state index in [1.807, 2.05) is 12.1 Å². The SMILES string of the molecule is CCC(C)CCCC1=CN(C)NN1C. The summed E-state index contributed by atoms with van der Waals surface area (Å²) in [6.07, 6.45) is 7.27. The van der Waals surface area contributed by atoms with Crippen LogP contribution in [0.15, 0.2) is 11.9 Å².